The summed E-state index contributed by atoms with van der Waals surface area (Å²) >= 11 is 0. The van der Waals surface area contributed by atoms with E-state index in [1.54, 1.807) is 37.1 Å². The lowest BCUT2D eigenvalue weighted by Crippen LogP contribution is -2.28. The number of benzene rings is 1. The normalized spacial score (nSPS) is 12.8. The number of carbonyl (C=O) groups is 1. The fourth-order valence-corrected chi connectivity index (χ4v) is 3.09. The quantitative estimate of drug-likeness (QED) is 0.759. The molecule has 0 radical (unpaired) electrons. The summed E-state index contributed by atoms with van der Waals surface area (Å²) in [5.74, 6) is 1.28. The Morgan fingerprint density at radius 1 is 1.33 bits per heavy atom. The minimum absolute atomic E-state index is 0.113. The van der Waals surface area contributed by atoms with Crippen LogP contribution in [0.2, 0.25) is 0 Å². The Bertz CT molecular complexity index is 923. The number of carbonyl (C=O) groups excluding carboxylic acids is 1. The third-order valence-electron chi connectivity index (χ3n) is 4.69. The van der Waals surface area contributed by atoms with Gasteiger partial charge in [0.2, 0.25) is 0 Å². The van der Waals surface area contributed by atoms with Crippen LogP contribution < -0.4 is 20.8 Å². The molecular weight excluding hydrogens is 348 g/mol. The minimum Gasteiger partial charge on any atom is -0.493 e. The van der Waals surface area contributed by atoms with Crippen molar-refractivity contribution >= 4 is 5.91 Å². The second kappa shape index (κ2) is 7.79. The van der Waals surface area contributed by atoms with Crippen LogP contribution in [0, 0.1) is 6.92 Å². The minimum atomic E-state index is -0.227. The molecule has 1 amide bonds. The smallest absolute Gasteiger partial charge is 0.258 e. The number of ether oxygens (including phenoxy) is 2. The number of aromatic nitrogens is 2. The number of methoxy groups -OCH3 is 1. The highest BCUT2D eigenvalue weighted by molar-refractivity contribution is 5.98. The van der Waals surface area contributed by atoms with Gasteiger partial charge in [-0.1, -0.05) is 6.07 Å². The number of aryl methyl sites for hydroxylation is 1. The van der Waals surface area contributed by atoms with Crippen molar-refractivity contribution in [2.45, 2.75) is 26.4 Å². The van der Waals surface area contributed by atoms with Gasteiger partial charge in [0.25, 0.3) is 11.5 Å². The number of nitrogens with two attached hydrogens (primary N) is 1. The monoisotopic (exact) mass is 372 g/mol. The van der Waals surface area contributed by atoms with Crippen molar-refractivity contribution in [1.82, 2.24) is 14.5 Å². The lowest BCUT2D eigenvalue weighted by Gasteiger charge is -2.19. The maximum Gasteiger partial charge on any atom is 0.258 e. The van der Waals surface area contributed by atoms with Crippen molar-refractivity contribution in [2.75, 3.05) is 20.3 Å². The van der Waals surface area contributed by atoms with Crippen molar-refractivity contribution in [1.29, 1.82) is 0 Å². The Morgan fingerprint density at radius 2 is 2.11 bits per heavy atom. The average molecular weight is 372 g/mol. The number of para-hydroxylation sites is 1. The van der Waals surface area contributed by atoms with Gasteiger partial charge in [0, 0.05) is 7.05 Å². The SMILES string of the molecule is COc1cccc(C(=O)N2Cc3nc(C)n(C)c(=O)c3C2)c1OCCCN. The van der Waals surface area contributed by atoms with Gasteiger partial charge in [-0.2, -0.15) is 0 Å². The zero-order valence-corrected chi connectivity index (χ0v) is 15.8. The highest BCUT2D eigenvalue weighted by Crippen LogP contribution is 2.33. The first-order chi connectivity index (χ1) is 13.0. The van der Waals surface area contributed by atoms with Crippen LogP contribution in [0.25, 0.3) is 0 Å². The highest BCUT2D eigenvalue weighted by atomic mass is 16.5. The van der Waals surface area contributed by atoms with Crippen LogP contribution in [0.15, 0.2) is 23.0 Å². The lowest BCUT2D eigenvalue weighted by molar-refractivity contribution is 0.0745. The van der Waals surface area contributed by atoms with Crippen LogP contribution in [0.4, 0.5) is 0 Å². The molecule has 0 unspecified atom stereocenters. The first-order valence-corrected chi connectivity index (χ1v) is 8.82. The predicted molar refractivity (Wildman–Crippen MR) is 100.0 cm³/mol. The van der Waals surface area contributed by atoms with E-state index in [9.17, 15) is 9.59 Å². The molecule has 1 aromatic heterocycles. The first kappa shape index (κ1) is 18.9. The summed E-state index contributed by atoms with van der Waals surface area (Å²) in [5, 5.41) is 0. The van der Waals surface area contributed by atoms with Gasteiger partial charge in [0.15, 0.2) is 11.5 Å². The Hall–Kier alpha value is -2.87. The van der Waals surface area contributed by atoms with Crippen LogP contribution in [-0.4, -0.2) is 40.6 Å². The van der Waals surface area contributed by atoms with Crippen molar-refractivity contribution in [3.8, 4) is 11.5 Å². The van der Waals surface area contributed by atoms with E-state index in [4.69, 9.17) is 15.2 Å². The Labute approximate surface area is 157 Å². The van der Waals surface area contributed by atoms with E-state index in [0.717, 1.165) is 0 Å². The molecule has 2 heterocycles. The average Bonchev–Trinajstić information content (AvgIpc) is 3.10. The fourth-order valence-electron chi connectivity index (χ4n) is 3.09. The number of fused-ring (bicyclic) bond motifs is 1. The van der Waals surface area contributed by atoms with E-state index in [1.807, 2.05) is 0 Å². The van der Waals surface area contributed by atoms with Gasteiger partial charge in [0.05, 0.1) is 43.6 Å². The fraction of sp³-hybridized carbons (Fsp3) is 0.421. The largest absolute Gasteiger partial charge is 0.493 e. The van der Waals surface area contributed by atoms with Crippen molar-refractivity contribution in [3.63, 3.8) is 0 Å². The van der Waals surface area contributed by atoms with E-state index in [-0.39, 0.29) is 18.0 Å². The zero-order valence-electron chi connectivity index (χ0n) is 15.8. The van der Waals surface area contributed by atoms with E-state index < -0.39 is 0 Å². The van der Waals surface area contributed by atoms with Gasteiger partial charge >= 0.3 is 0 Å². The van der Waals surface area contributed by atoms with E-state index in [1.165, 1.54) is 11.7 Å². The topological polar surface area (TPSA) is 99.7 Å². The summed E-state index contributed by atoms with van der Waals surface area (Å²) in [7, 11) is 3.21. The summed E-state index contributed by atoms with van der Waals surface area (Å²) in [6, 6.07) is 5.18. The highest BCUT2D eigenvalue weighted by Gasteiger charge is 2.30. The van der Waals surface area contributed by atoms with Gasteiger partial charge in [-0.3, -0.25) is 14.2 Å². The van der Waals surface area contributed by atoms with E-state index in [0.29, 0.717) is 60.3 Å². The predicted octanol–water partition coefficient (Wildman–Crippen LogP) is 0.981. The second-order valence-electron chi connectivity index (χ2n) is 6.44. The molecule has 8 heteroatoms. The second-order valence-corrected chi connectivity index (χ2v) is 6.44. The lowest BCUT2D eigenvalue weighted by atomic mass is 10.1. The molecule has 0 bridgehead atoms. The summed E-state index contributed by atoms with van der Waals surface area (Å²) in [4.78, 5) is 31.7. The molecule has 0 saturated carbocycles. The molecule has 8 nitrogen and oxygen atoms in total. The van der Waals surface area contributed by atoms with Gasteiger partial charge in [-0.05, 0) is 32.0 Å². The van der Waals surface area contributed by atoms with Gasteiger partial charge in [-0.15, -0.1) is 0 Å². The molecular formula is C19H24N4O4. The molecule has 0 fully saturated rings. The molecule has 0 atom stereocenters. The number of hydrogen-bond donors (Lipinski definition) is 1. The molecule has 0 saturated heterocycles. The standard InChI is InChI=1S/C19H24N4O4/c1-12-21-15-11-23(10-14(15)18(24)22(12)2)19(25)13-6-4-7-16(26-3)17(13)27-9-5-8-20/h4,6-7H,5,8-11,20H2,1-3H3. The Balaban J connectivity index is 1.91. The number of hydrogen-bond acceptors (Lipinski definition) is 6. The first-order valence-electron chi connectivity index (χ1n) is 8.82. The number of amides is 1. The summed E-state index contributed by atoms with van der Waals surface area (Å²) in [5.41, 5.74) is 7.02. The van der Waals surface area contributed by atoms with Crippen LogP contribution >= 0.6 is 0 Å². The molecule has 2 aromatic rings. The molecule has 1 aliphatic rings. The molecule has 0 aliphatic carbocycles. The molecule has 0 spiro atoms. The van der Waals surface area contributed by atoms with Crippen molar-refractivity contribution in [2.24, 2.45) is 12.8 Å². The summed E-state index contributed by atoms with van der Waals surface area (Å²) in [6.45, 7) is 3.18. The third-order valence-corrected chi connectivity index (χ3v) is 4.69. The maximum absolute atomic E-state index is 13.1. The van der Waals surface area contributed by atoms with Crippen LogP contribution in [-0.2, 0) is 20.1 Å². The third kappa shape index (κ3) is 3.52. The Kier molecular flexibility index (Phi) is 5.46. The molecule has 1 aromatic carbocycles. The molecule has 2 N–H and O–H groups in total. The molecule has 1 aliphatic heterocycles. The summed E-state index contributed by atoms with van der Waals surface area (Å²) < 4.78 is 12.6. The Morgan fingerprint density at radius 3 is 2.81 bits per heavy atom. The van der Waals surface area contributed by atoms with Gasteiger partial charge < -0.3 is 20.1 Å². The molecule has 27 heavy (non-hydrogen) atoms. The number of rotatable bonds is 6. The van der Waals surface area contributed by atoms with Crippen LogP contribution in [0.1, 0.15) is 33.9 Å². The van der Waals surface area contributed by atoms with Crippen molar-refractivity contribution in [3.05, 3.63) is 51.2 Å². The van der Waals surface area contributed by atoms with Crippen molar-refractivity contribution < 1.29 is 14.3 Å². The van der Waals surface area contributed by atoms with Gasteiger partial charge in [0.1, 0.15) is 5.82 Å². The van der Waals surface area contributed by atoms with Crippen LogP contribution in [0.5, 0.6) is 11.5 Å². The van der Waals surface area contributed by atoms with E-state index in [2.05, 4.69) is 4.98 Å². The van der Waals surface area contributed by atoms with E-state index >= 15 is 0 Å². The maximum atomic E-state index is 13.1. The molecule has 144 valence electrons. The molecule has 3 rings (SSSR count). The van der Waals surface area contributed by atoms with Crippen LogP contribution in [0.3, 0.4) is 0 Å². The van der Waals surface area contributed by atoms with Gasteiger partial charge in [-0.25, -0.2) is 4.98 Å². The summed E-state index contributed by atoms with van der Waals surface area (Å²) in [6.07, 6.45) is 0.667. The zero-order chi connectivity index (χ0) is 19.6. The number of nitrogens with zero attached hydrogens (tertiary/aromatic N) is 3.